The number of carbonyl (C=O) groups is 1. The maximum Gasteiger partial charge on any atom is 0.259 e. The van der Waals surface area contributed by atoms with Crippen molar-refractivity contribution in [2.45, 2.75) is 25.7 Å². The van der Waals surface area contributed by atoms with Gasteiger partial charge in [-0.25, -0.2) is 0 Å². The topological polar surface area (TPSA) is 76.1 Å². The van der Waals surface area contributed by atoms with Crippen LogP contribution in [0.25, 0.3) is 6.08 Å². The standard InChI is InChI=1S/C15H16N2O2/c1-19-14-11(8-12(9-16)15(17)18)7-6-10-4-2-3-5-13(10)14/h6-8H,2-5H2,1H3,(H2,17,18). The van der Waals surface area contributed by atoms with Crippen molar-refractivity contribution in [1.29, 1.82) is 5.26 Å². The highest BCUT2D eigenvalue weighted by molar-refractivity contribution is 6.00. The third-order valence-corrected chi connectivity index (χ3v) is 3.40. The van der Waals surface area contributed by atoms with Crippen molar-refractivity contribution in [3.05, 3.63) is 34.4 Å². The molecule has 0 unspecified atom stereocenters. The molecular weight excluding hydrogens is 240 g/mol. The molecule has 2 rings (SSSR count). The summed E-state index contributed by atoms with van der Waals surface area (Å²) >= 11 is 0. The predicted molar refractivity (Wildman–Crippen MR) is 72.4 cm³/mol. The van der Waals surface area contributed by atoms with Gasteiger partial charge in [0.1, 0.15) is 17.4 Å². The Morgan fingerprint density at radius 2 is 2.16 bits per heavy atom. The van der Waals surface area contributed by atoms with Crippen LogP contribution in [0.3, 0.4) is 0 Å². The Hall–Kier alpha value is -2.28. The molecule has 0 aromatic heterocycles. The Kier molecular flexibility index (Phi) is 3.86. The molecule has 4 nitrogen and oxygen atoms in total. The van der Waals surface area contributed by atoms with E-state index in [1.54, 1.807) is 7.11 Å². The van der Waals surface area contributed by atoms with Gasteiger partial charge in [0.2, 0.25) is 0 Å². The van der Waals surface area contributed by atoms with Crippen LogP contribution >= 0.6 is 0 Å². The average Bonchev–Trinajstić information content (AvgIpc) is 2.43. The fourth-order valence-electron chi connectivity index (χ4n) is 2.48. The van der Waals surface area contributed by atoms with Gasteiger partial charge in [-0.1, -0.05) is 12.1 Å². The number of nitrogens with two attached hydrogens (primary N) is 1. The first-order valence-corrected chi connectivity index (χ1v) is 6.27. The number of nitriles is 1. The van der Waals surface area contributed by atoms with Gasteiger partial charge in [-0.2, -0.15) is 5.26 Å². The van der Waals surface area contributed by atoms with Gasteiger partial charge in [-0.3, -0.25) is 4.79 Å². The van der Waals surface area contributed by atoms with Gasteiger partial charge in [0, 0.05) is 5.56 Å². The number of nitrogens with zero attached hydrogens (tertiary/aromatic N) is 1. The number of methoxy groups -OCH3 is 1. The lowest BCUT2D eigenvalue weighted by molar-refractivity contribution is -0.114. The summed E-state index contributed by atoms with van der Waals surface area (Å²) in [5, 5.41) is 8.90. The first kappa shape index (κ1) is 13.2. The maximum atomic E-state index is 11.1. The quantitative estimate of drug-likeness (QED) is 0.663. The van der Waals surface area contributed by atoms with Crippen LogP contribution in [0, 0.1) is 11.3 Å². The second-order valence-corrected chi connectivity index (χ2v) is 4.57. The highest BCUT2D eigenvalue weighted by atomic mass is 16.5. The molecule has 0 aliphatic heterocycles. The summed E-state index contributed by atoms with van der Waals surface area (Å²) in [4.78, 5) is 11.1. The van der Waals surface area contributed by atoms with Gasteiger partial charge in [0.25, 0.3) is 5.91 Å². The maximum absolute atomic E-state index is 11.1. The molecule has 1 amide bonds. The van der Waals surface area contributed by atoms with Crippen molar-refractivity contribution in [2.24, 2.45) is 5.73 Å². The monoisotopic (exact) mass is 256 g/mol. The van der Waals surface area contributed by atoms with Crippen molar-refractivity contribution in [2.75, 3.05) is 7.11 Å². The van der Waals surface area contributed by atoms with Crippen LogP contribution in [0.15, 0.2) is 17.7 Å². The van der Waals surface area contributed by atoms with Gasteiger partial charge in [0.05, 0.1) is 7.11 Å². The average molecular weight is 256 g/mol. The fourth-order valence-corrected chi connectivity index (χ4v) is 2.48. The van der Waals surface area contributed by atoms with Crippen LogP contribution < -0.4 is 10.5 Å². The van der Waals surface area contributed by atoms with E-state index in [0.29, 0.717) is 0 Å². The lowest BCUT2D eigenvalue weighted by Crippen LogP contribution is -2.12. The Morgan fingerprint density at radius 3 is 2.79 bits per heavy atom. The minimum absolute atomic E-state index is 0.0611. The predicted octanol–water partition coefficient (Wildman–Crippen LogP) is 1.97. The van der Waals surface area contributed by atoms with E-state index in [0.717, 1.165) is 30.6 Å². The van der Waals surface area contributed by atoms with E-state index >= 15 is 0 Å². The van der Waals surface area contributed by atoms with Crippen LogP contribution in [0.5, 0.6) is 5.75 Å². The largest absolute Gasteiger partial charge is 0.496 e. The Morgan fingerprint density at radius 1 is 1.42 bits per heavy atom. The number of primary amides is 1. The second kappa shape index (κ2) is 5.57. The van der Waals surface area contributed by atoms with Crippen LogP contribution in [0.1, 0.15) is 29.5 Å². The van der Waals surface area contributed by atoms with E-state index in [1.165, 1.54) is 23.6 Å². The Bertz CT molecular complexity index is 583. The smallest absolute Gasteiger partial charge is 0.259 e. The van der Waals surface area contributed by atoms with E-state index in [2.05, 4.69) is 0 Å². The lowest BCUT2D eigenvalue weighted by atomic mass is 9.89. The third kappa shape index (κ3) is 2.60. The minimum atomic E-state index is -0.720. The van der Waals surface area contributed by atoms with Crippen LogP contribution in [-0.2, 0) is 17.6 Å². The number of ether oxygens (including phenoxy) is 1. The molecule has 0 atom stereocenters. The van der Waals surface area contributed by atoms with E-state index in [1.807, 2.05) is 18.2 Å². The fraction of sp³-hybridized carbons (Fsp3) is 0.333. The second-order valence-electron chi connectivity index (χ2n) is 4.57. The zero-order valence-corrected chi connectivity index (χ0v) is 10.9. The summed E-state index contributed by atoms with van der Waals surface area (Å²) in [5.41, 5.74) is 8.30. The molecule has 0 fully saturated rings. The lowest BCUT2D eigenvalue weighted by Gasteiger charge is -2.20. The SMILES string of the molecule is COc1c(C=C(C#N)C(N)=O)ccc2c1CCCC2. The third-order valence-electron chi connectivity index (χ3n) is 3.40. The molecule has 4 heteroatoms. The van der Waals surface area contributed by atoms with Crippen LogP contribution in [0.4, 0.5) is 0 Å². The summed E-state index contributed by atoms with van der Waals surface area (Å²) < 4.78 is 5.46. The van der Waals surface area contributed by atoms with Crippen LogP contribution in [-0.4, -0.2) is 13.0 Å². The molecule has 1 aliphatic carbocycles. The summed E-state index contributed by atoms with van der Waals surface area (Å²) in [6.07, 6.45) is 5.85. The summed E-state index contributed by atoms with van der Waals surface area (Å²) in [7, 11) is 1.61. The first-order chi connectivity index (χ1) is 9.17. The first-order valence-electron chi connectivity index (χ1n) is 6.27. The molecule has 0 spiro atoms. The molecule has 98 valence electrons. The molecular formula is C15H16N2O2. The van der Waals surface area contributed by atoms with Crippen molar-refractivity contribution < 1.29 is 9.53 Å². The van der Waals surface area contributed by atoms with E-state index < -0.39 is 5.91 Å². The van der Waals surface area contributed by atoms with Crippen molar-refractivity contribution in [3.63, 3.8) is 0 Å². The zero-order valence-electron chi connectivity index (χ0n) is 10.9. The molecule has 1 aromatic carbocycles. The summed E-state index contributed by atoms with van der Waals surface area (Å²) in [6.45, 7) is 0. The van der Waals surface area contributed by atoms with Gasteiger partial charge in [-0.05, 0) is 42.9 Å². The molecule has 0 heterocycles. The molecule has 1 aliphatic rings. The normalized spacial score (nSPS) is 14.4. The number of benzene rings is 1. The van der Waals surface area contributed by atoms with Gasteiger partial charge in [-0.15, -0.1) is 0 Å². The van der Waals surface area contributed by atoms with E-state index in [-0.39, 0.29) is 5.57 Å². The molecule has 0 bridgehead atoms. The molecule has 2 N–H and O–H groups in total. The van der Waals surface area contributed by atoms with E-state index in [9.17, 15) is 4.79 Å². The molecule has 19 heavy (non-hydrogen) atoms. The molecule has 0 saturated heterocycles. The Labute approximate surface area is 112 Å². The van der Waals surface area contributed by atoms with Gasteiger partial charge >= 0.3 is 0 Å². The van der Waals surface area contributed by atoms with Gasteiger partial charge < -0.3 is 10.5 Å². The van der Waals surface area contributed by atoms with Crippen LogP contribution in [0.2, 0.25) is 0 Å². The van der Waals surface area contributed by atoms with Crippen molar-refractivity contribution >= 4 is 12.0 Å². The number of hydrogen-bond donors (Lipinski definition) is 1. The minimum Gasteiger partial charge on any atom is -0.496 e. The highest BCUT2D eigenvalue weighted by Crippen LogP contribution is 2.33. The number of hydrogen-bond acceptors (Lipinski definition) is 3. The molecule has 0 radical (unpaired) electrons. The summed E-state index contributed by atoms with van der Waals surface area (Å²) in [6, 6.07) is 5.73. The number of amides is 1. The molecule has 0 saturated carbocycles. The van der Waals surface area contributed by atoms with E-state index in [4.69, 9.17) is 15.7 Å². The zero-order chi connectivity index (χ0) is 13.8. The number of aryl methyl sites for hydroxylation is 1. The highest BCUT2D eigenvalue weighted by Gasteiger charge is 2.17. The summed E-state index contributed by atoms with van der Waals surface area (Å²) in [5.74, 6) is 0.0356. The number of fused-ring (bicyclic) bond motifs is 1. The van der Waals surface area contributed by atoms with Crippen molar-refractivity contribution in [1.82, 2.24) is 0 Å². The number of carbonyl (C=O) groups excluding carboxylic acids is 1. The van der Waals surface area contributed by atoms with Crippen molar-refractivity contribution in [3.8, 4) is 11.8 Å². The Balaban J connectivity index is 2.53. The van der Waals surface area contributed by atoms with Gasteiger partial charge in [0.15, 0.2) is 0 Å². The molecule has 1 aromatic rings. The number of rotatable bonds is 3.